The third-order valence-electron chi connectivity index (χ3n) is 8.04. The summed E-state index contributed by atoms with van der Waals surface area (Å²) < 4.78 is 25.4. The van der Waals surface area contributed by atoms with Gasteiger partial charge in [0.15, 0.2) is 0 Å². The summed E-state index contributed by atoms with van der Waals surface area (Å²) in [6.45, 7) is 2.05. The molecule has 1 atom stereocenters. The maximum atomic E-state index is 12.7. The molecule has 0 heterocycles. The first-order chi connectivity index (χ1) is 13.7. The number of hydrogen-bond acceptors (Lipinski definition) is 4. The minimum Gasteiger partial charge on any atom is -0.335 e. The first-order valence-electron chi connectivity index (χ1n) is 11.3. The van der Waals surface area contributed by atoms with E-state index < -0.39 is 22.1 Å². The van der Waals surface area contributed by atoms with Gasteiger partial charge in [-0.25, -0.2) is 22.3 Å². The summed E-state index contributed by atoms with van der Waals surface area (Å²) in [7, 11) is -3.73. The minimum atomic E-state index is -3.73. The van der Waals surface area contributed by atoms with Crippen LogP contribution >= 0.6 is 0 Å². The molecule has 5 aliphatic carbocycles. The first-order valence-corrected chi connectivity index (χ1v) is 13.1. The van der Waals surface area contributed by atoms with E-state index in [0.29, 0.717) is 12.8 Å². The number of nitrogens with zero attached hydrogens (tertiary/aromatic N) is 1. The summed E-state index contributed by atoms with van der Waals surface area (Å²) in [4.78, 5) is 25.3. The zero-order chi connectivity index (χ0) is 20.8. The van der Waals surface area contributed by atoms with Gasteiger partial charge in [-0.2, -0.15) is 0 Å². The molecule has 0 aromatic rings. The molecule has 8 heteroatoms. The molecule has 5 saturated carbocycles. The van der Waals surface area contributed by atoms with Crippen molar-refractivity contribution in [2.24, 2.45) is 23.2 Å². The van der Waals surface area contributed by atoms with Crippen LogP contribution in [0.15, 0.2) is 0 Å². The van der Waals surface area contributed by atoms with Crippen LogP contribution in [0.3, 0.4) is 0 Å². The van der Waals surface area contributed by atoms with E-state index in [-0.39, 0.29) is 17.5 Å². The van der Waals surface area contributed by atoms with Crippen molar-refractivity contribution in [1.29, 1.82) is 0 Å². The Morgan fingerprint density at radius 2 is 1.48 bits per heavy atom. The van der Waals surface area contributed by atoms with E-state index in [1.165, 1.54) is 19.3 Å². The van der Waals surface area contributed by atoms with Crippen LogP contribution in [0, 0.1) is 23.2 Å². The fourth-order valence-corrected chi connectivity index (χ4v) is 8.25. The molecule has 0 aromatic carbocycles. The molecule has 0 radical (unpaired) electrons. The first kappa shape index (κ1) is 20.9. The Morgan fingerprint density at radius 1 is 0.966 bits per heavy atom. The van der Waals surface area contributed by atoms with Crippen molar-refractivity contribution in [1.82, 2.24) is 14.9 Å². The number of rotatable bonds is 4. The van der Waals surface area contributed by atoms with Gasteiger partial charge in [0.25, 0.3) is 0 Å². The number of sulfonamides is 1. The summed E-state index contributed by atoms with van der Waals surface area (Å²) in [5.41, 5.74) is 0.134. The Hall–Kier alpha value is -1.31. The number of hydrogen-bond donors (Lipinski definition) is 2. The number of imide groups is 1. The molecule has 0 saturated heterocycles. The van der Waals surface area contributed by atoms with Crippen molar-refractivity contribution >= 4 is 22.1 Å². The Morgan fingerprint density at radius 3 is 1.97 bits per heavy atom. The maximum absolute atomic E-state index is 12.7. The summed E-state index contributed by atoms with van der Waals surface area (Å²) in [6.07, 6.45) is 12.7. The lowest BCUT2D eigenvalue weighted by atomic mass is 9.48. The SMILES string of the molecule is CC(NC(=O)NC(=O)N(C1CCCCC1)S(C)(=O)=O)C12CC3CC(CC(C3)C1)C2. The van der Waals surface area contributed by atoms with Crippen LogP contribution in [0.4, 0.5) is 9.59 Å². The van der Waals surface area contributed by atoms with Crippen LogP contribution in [0.2, 0.25) is 0 Å². The number of carbonyl (C=O) groups is 2. The van der Waals surface area contributed by atoms with Gasteiger partial charge in [0.05, 0.1) is 6.26 Å². The van der Waals surface area contributed by atoms with Crippen LogP contribution in [-0.2, 0) is 10.0 Å². The second-order valence-electron chi connectivity index (χ2n) is 10.3. The highest BCUT2D eigenvalue weighted by Crippen LogP contribution is 2.61. The zero-order valence-electron chi connectivity index (χ0n) is 17.7. The number of amides is 4. The van der Waals surface area contributed by atoms with E-state index >= 15 is 0 Å². The largest absolute Gasteiger partial charge is 0.339 e. The van der Waals surface area contributed by atoms with E-state index in [1.807, 2.05) is 6.92 Å². The van der Waals surface area contributed by atoms with Gasteiger partial charge in [-0.05, 0) is 81.5 Å². The third kappa shape index (κ3) is 4.28. The predicted molar refractivity (Wildman–Crippen MR) is 111 cm³/mol. The van der Waals surface area contributed by atoms with Crippen LogP contribution in [-0.4, -0.2) is 43.1 Å². The van der Waals surface area contributed by atoms with Crippen LogP contribution in [0.25, 0.3) is 0 Å². The van der Waals surface area contributed by atoms with Gasteiger partial charge >= 0.3 is 12.1 Å². The van der Waals surface area contributed by atoms with Crippen LogP contribution in [0.5, 0.6) is 0 Å². The fourth-order valence-electron chi connectivity index (χ4n) is 7.15. The minimum absolute atomic E-state index is 0.0231. The summed E-state index contributed by atoms with van der Waals surface area (Å²) in [6, 6.07) is -1.78. The molecule has 7 nitrogen and oxygen atoms in total. The summed E-state index contributed by atoms with van der Waals surface area (Å²) in [5.74, 6) is 2.34. The summed E-state index contributed by atoms with van der Waals surface area (Å²) in [5, 5.41) is 5.29. The predicted octanol–water partition coefficient (Wildman–Crippen LogP) is 3.60. The van der Waals surface area contributed by atoms with E-state index in [0.717, 1.165) is 66.8 Å². The summed E-state index contributed by atoms with van der Waals surface area (Å²) >= 11 is 0. The zero-order valence-corrected chi connectivity index (χ0v) is 18.5. The highest BCUT2D eigenvalue weighted by atomic mass is 32.2. The quantitative estimate of drug-likeness (QED) is 0.719. The van der Waals surface area contributed by atoms with Gasteiger partial charge in [0.2, 0.25) is 10.0 Å². The standard InChI is InChI=1S/C21H35N3O4S/c1-14(21-11-15-8-16(12-21)10-17(9-15)13-21)22-19(25)23-20(26)24(29(2,27)28)18-6-4-3-5-7-18/h14-18H,3-13H2,1-2H3,(H2,22,23,25,26). The van der Waals surface area contributed by atoms with Gasteiger partial charge in [-0.3, -0.25) is 5.32 Å². The number of urea groups is 2. The van der Waals surface area contributed by atoms with Crippen molar-refractivity contribution in [3.8, 4) is 0 Å². The molecule has 5 rings (SSSR count). The van der Waals surface area contributed by atoms with Gasteiger partial charge in [-0.15, -0.1) is 0 Å². The molecule has 4 amide bonds. The molecule has 5 fully saturated rings. The highest BCUT2D eigenvalue weighted by Gasteiger charge is 2.53. The Balaban J connectivity index is 1.39. The van der Waals surface area contributed by atoms with Crippen molar-refractivity contribution < 1.29 is 18.0 Å². The van der Waals surface area contributed by atoms with Gasteiger partial charge < -0.3 is 5.32 Å². The molecule has 5 aliphatic rings. The van der Waals surface area contributed by atoms with Crippen LogP contribution < -0.4 is 10.6 Å². The average molecular weight is 426 g/mol. The van der Waals surface area contributed by atoms with Gasteiger partial charge in [-0.1, -0.05) is 19.3 Å². The average Bonchev–Trinajstić information content (AvgIpc) is 2.60. The van der Waals surface area contributed by atoms with E-state index in [1.54, 1.807) is 0 Å². The molecule has 0 aromatic heterocycles. The Kier molecular flexibility index (Phi) is 5.59. The topological polar surface area (TPSA) is 95.6 Å². The molecular formula is C21H35N3O4S. The highest BCUT2D eigenvalue weighted by molar-refractivity contribution is 7.88. The second kappa shape index (κ2) is 7.75. The molecular weight excluding hydrogens is 390 g/mol. The molecule has 4 bridgehead atoms. The van der Waals surface area contributed by atoms with E-state index in [2.05, 4.69) is 10.6 Å². The third-order valence-corrected chi connectivity index (χ3v) is 9.21. The molecule has 2 N–H and O–H groups in total. The maximum Gasteiger partial charge on any atom is 0.339 e. The molecule has 1 unspecified atom stereocenters. The molecule has 164 valence electrons. The van der Waals surface area contributed by atoms with Crippen molar-refractivity contribution in [2.75, 3.05) is 6.26 Å². The second-order valence-corrected chi connectivity index (χ2v) is 12.1. The van der Waals surface area contributed by atoms with E-state index in [9.17, 15) is 18.0 Å². The monoisotopic (exact) mass is 425 g/mol. The normalized spacial score (nSPS) is 35.2. The molecule has 29 heavy (non-hydrogen) atoms. The van der Waals surface area contributed by atoms with Crippen LogP contribution in [0.1, 0.15) is 77.6 Å². The van der Waals surface area contributed by atoms with Crippen molar-refractivity contribution in [2.45, 2.75) is 89.6 Å². The van der Waals surface area contributed by atoms with E-state index in [4.69, 9.17) is 0 Å². The smallest absolute Gasteiger partial charge is 0.335 e. The number of carbonyl (C=O) groups excluding carboxylic acids is 2. The van der Waals surface area contributed by atoms with Crippen molar-refractivity contribution in [3.63, 3.8) is 0 Å². The molecule has 0 spiro atoms. The Labute approximate surface area is 174 Å². The lowest BCUT2D eigenvalue weighted by Crippen LogP contribution is -2.59. The Bertz CT molecular complexity index is 725. The number of nitrogens with one attached hydrogen (secondary N) is 2. The van der Waals surface area contributed by atoms with Crippen molar-refractivity contribution in [3.05, 3.63) is 0 Å². The van der Waals surface area contributed by atoms with Gasteiger partial charge in [0, 0.05) is 12.1 Å². The lowest BCUT2D eigenvalue weighted by Gasteiger charge is -2.59. The molecule has 0 aliphatic heterocycles. The van der Waals surface area contributed by atoms with Gasteiger partial charge in [0.1, 0.15) is 0 Å². The lowest BCUT2D eigenvalue weighted by molar-refractivity contribution is -0.0681. The fraction of sp³-hybridized carbons (Fsp3) is 0.905.